The monoisotopic (exact) mass is 513 g/mol. The Hall–Kier alpha value is -3.77. The van der Waals surface area contributed by atoms with Crippen molar-refractivity contribution in [3.8, 4) is 11.1 Å². The van der Waals surface area contributed by atoms with Gasteiger partial charge in [0.1, 0.15) is 0 Å². The molecule has 198 valence electrons. The first-order chi connectivity index (χ1) is 18.0. The first-order valence-corrected chi connectivity index (χ1v) is 13.0. The summed E-state index contributed by atoms with van der Waals surface area (Å²) in [5.41, 5.74) is 5.87. The maximum atomic E-state index is 13.0. The van der Waals surface area contributed by atoms with E-state index in [0.717, 1.165) is 27.2 Å². The third-order valence-electron chi connectivity index (χ3n) is 7.35. The van der Waals surface area contributed by atoms with Crippen LogP contribution in [0.5, 0.6) is 0 Å². The maximum absolute atomic E-state index is 13.0. The molecular weight excluding hydrogens is 478 g/mol. The number of carbonyl (C=O) groups excluding carboxylic acids is 2. The lowest BCUT2D eigenvalue weighted by atomic mass is 9.85. The van der Waals surface area contributed by atoms with E-state index in [9.17, 15) is 24.6 Å². The smallest absolute Gasteiger partial charge is 0.309 e. The molecule has 6 heteroatoms. The summed E-state index contributed by atoms with van der Waals surface area (Å²) >= 11 is 0. The predicted octanol–water partition coefficient (Wildman–Crippen LogP) is 5.64. The van der Waals surface area contributed by atoms with Gasteiger partial charge in [0.15, 0.2) is 0 Å². The molecule has 38 heavy (non-hydrogen) atoms. The summed E-state index contributed by atoms with van der Waals surface area (Å²) < 4.78 is 0. The van der Waals surface area contributed by atoms with Crippen molar-refractivity contribution in [1.82, 2.24) is 4.90 Å². The zero-order valence-electron chi connectivity index (χ0n) is 22.4. The third kappa shape index (κ3) is 5.86. The molecule has 1 aliphatic rings. The molecule has 0 spiro atoms. The van der Waals surface area contributed by atoms with Gasteiger partial charge in [-0.25, -0.2) is 0 Å². The molecule has 0 bridgehead atoms. The summed E-state index contributed by atoms with van der Waals surface area (Å²) in [7, 11) is 0. The number of fused-ring (bicyclic) bond motifs is 1. The Balaban J connectivity index is 1.36. The van der Waals surface area contributed by atoms with Crippen molar-refractivity contribution in [3.63, 3.8) is 0 Å². The molecule has 6 nitrogen and oxygen atoms in total. The van der Waals surface area contributed by atoms with Crippen molar-refractivity contribution in [1.29, 1.82) is 0 Å². The number of carboxylic acids is 1. The number of benzene rings is 3. The number of imide groups is 1. The lowest BCUT2D eigenvalue weighted by Gasteiger charge is -2.22. The fraction of sp³-hybridized carbons (Fsp3) is 0.344. The lowest BCUT2D eigenvalue weighted by molar-refractivity contribution is -0.146. The van der Waals surface area contributed by atoms with E-state index in [1.165, 1.54) is 5.56 Å². The van der Waals surface area contributed by atoms with Gasteiger partial charge in [0, 0.05) is 6.54 Å². The highest BCUT2D eigenvalue weighted by atomic mass is 16.4. The molecule has 0 radical (unpaired) electrons. The number of hydrogen-bond acceptors (Lipinski definition) is 4. The van der Waals surface area contributed by atoms with Crippen LogP contribution in [0.15, 0.2) is 66.7 Å². The van der Waals surface area contributed by atoms with Crippen LogP contribution in [0.1, 0.15) is 71.0 Å². The van der Waals surface area contributed by atoms with E-state index >= 15 is 0 Å². The minimum Gasteiger partial charge on any atom is -0.481 e. The largest absolute Gasteiger partial charge is 0.481 e. The van der Waals surface area contributed by atoms with Crippen molar-refractivity contribution in [2.45, 2.75) is 58.5 Å². The summed E-state index contributed by atoms with van der Waals surface area (Å²) in [5, 5.41) is 20.5. The summed E-state index contributed by atoms with van der Waals surface area (Å²) in [6, 6.07) is 21.6. The summed E-state index contributed by atoms with van der Waals surface area (Å²) in [6.45, 7) is 8.09. The van der Waals surface area contributed by atoms with E-state index in [0.29, 0.717) is 17.5 Å². The van der Waals surface area contributed by atoms with Gasteiger partial charge >= 0.3 is 5.97 Å². The highest BCUT2D eigenvalue weighted by Gasteiger charge is 2.37. The highest BCUT2D eigenvalue weighted by Crippen LogP contribution is 2.30. The number of carbonyl (C=O) groups is 3. The number of rotatable bonds is 9. The Morgan fingerprint density at radius 3 is 2.00 bits per heavy atom. The Morgan fingerprint density at radius 2 is 1.42 bits per heavy atom. The predicted molar refractivity (Wildman–Crippen MR) is 147 cm³/mol. The molecule has 0 aromatic heterocycles. The average Bonchev–Trinajstić information content (AvgIpc) is 3.12. The zero-order chi connectivity index (χ0) is 27.6. The van der Waals surface area contributed by atoms with E-state index in [1.54, 1.807) is 12.1 Å². The second-order valence-electron chi connectivity index (χ2n) is 11.2. The number of amides is 2. The number of carboxylic acid groups (broad SMARTS) is 1. The van der Waals surface area contributed by atoms with Crippen molar-refractivity contribution < 1.29 is 24.6 Å². The number of hydrogen-bond donors (Lipinski definition) is 2. The number of aliphatic hydroxyl groups is 1. The van der Waals surface area contributed by atoms with Crippen LogP contribution in [0.25, 0.3) is 11.1 Å². The summed E-state index contributed by atoms with van der Waals surface area (Å²) in [6.07, 6.45) is -0.341. The molecule has 2 amide bonds. The fourth-order valence-electron chi connectivity index (χ4n) is 4.83. The van der Waals surface area contributed by atoms with Gasteiger partial charge in [-0.15, -0.1) is 0 Å². The fourth-order valence-corrected chi connectivity index (χ4v) is 4.83. The van der Waals surface area contributed by atoms with Crippen molar-refractivity contribution in [3.05, 3.63) is 94.5 Å². The average molecular weight is 514 g/mol. The Bertz CT molecular complexity index is 1340. The molecular formula is C32H35NO5. The Kier molecular flexibility index (Phi) is 7.83. The third-order valence-corrected chi connectivity index (χ3v) is 7.35. The van der Waals surface area contributed by atoms with Crippen LogP contribution < -0.4 is 0 Å². The molecule has 4 rings (SSSR count). The maximum Gasteiger partial charge on any atom is 0.309 e. The summed E-state index contributed by atoms with van der Waals surface area (Å²) in [5.74, 6) is -3.06. The van der Waals surface area contributed by atoms with Crippen molar-refractivity contribution >= 4 is 17.8 Å². The zero-order valence-corrected chi connectivity index (χ0v) is 22.4. The number of aliphatic hydroxyl groups excluding tert-OH is 1. The molecule has 3 aromatic carbocycles. The molecule has 0 saturated carbocycles. The van der Waals surface area contributed by atoms with Crippen LogP contribution in [-0.4, -0.2) is 45.5 Å². The number of aliphatic carboxylic acids is 1. The van der Waals surface area contributed by atoms with Gasteiger partial charge in [-0.3, -0.25) is 19.3 Å². The SMILES string of the molecule is Cc1ccc(-c2ccc(CC[C@@H](O)[C@H](CCN3C(=O)c4ccc(C(C)(C)C)cc4C3=O)C(=O)O)cc2)cc1. The molecule has 3 aromatic rings. The van der Waals surface area contributed by atoms with Crippen LogP contribution in [0, 0.1) is 12.8 Å². The van der Waals surface area contributed by atoms with E-state index in [2.05, 4.69) is 24.3 Å². The minimum absolute atomic E-state index is 0.0134. The van der Waals surface area contributed by atoms with Gasteiger partial charge in [0.25, 0.3) is 11.8 Å². The molecule has 2 atom stereocenters. The molecule has 0 fully saturated rings. The van der Waals surface area contributed by atoms with E-state index in [-0.39, 0.29) is 24.8 Å². The van der Waals surface area contributed by atoms with Crippen LogP contribution in [0.3, 0.4) is 0 Å². The number of aryl methyl sites for hydroxylation is 2. The molecule has 1 aliphatic heterocycles. The Labute approximate surface area is 223 Å². The van der Waals surface area contributed by atoms with Gasteiger partial charge in [-0.05, 0) is 66.0 Å². The number of nitrogens with zero attached hydrogens (tertiary/aromatic N) is 1. The molecule has 2 N–H and O–H groups in total. The van der Waals surface area contributed by atoms with E-state index in [4.69, 9.17) is 0 Å². The van der Waals surface area contributed by atoms with Gasteiger partial charge in [0.2, 0.25) is 0 Å². The van der Waals surface area contributed by atoms with Gasteiger partial charge in [-0.2, -0.15) is 0 Å². The van der Waals surface area contributed by atoms with Crippen LogP contribution in [-0.2, 0) is 16.6 Å². The topological polar surface area (TPSA) is 94.9 Å². The first kappa shape index (κ1) is 27.3. The normalized spacial score (nSPS) is 14.9. The van der Waals surface area contributed by atoms with Crippen LogP contribution >= 0.6 is 0 Å². The van der Waals surface area contributed by atoms with Crippen molar-refractivity contribution in [2.24, 2.45) is 5.92 Å². The molecule has 0 aliphatic carbocycles. The second-order valence-corrected chi connectivity index (χ2v) is 11.2. The second kappa shape index (κ2) is 10.9. The minimum atomic E-state index is -1.14. The summed E-state index contributed by atoms with van der Waals surface area (Å²) in [4.78, 5) is 38.9. The Morgan fingerprint density at radius 1 is 0.842 bits per heavy atom. The van der Waals surface area contributed by atoms with Crippen molar-refractivity contribution in [2.75, 3.05) is 6.54 Å². The van der Waals surface area contributed by atoms with E-state index < -0.39 is 29.8 Å². The van der Waals surface area contributed by atoms with E-state index in [1.807, 2.05) is 58.0 Å². The van der Waals surface area contributed by atoms with Gasteiger partial charge in [-0.1, -0.05) is 80.9 Å². The van der Waals surface area contributed by atoms with Crippen LogP contribution in [0.2, 0.25) is 0 Å². The highest BCUT2D eigenvalue weighted by molar-refractivity contribution is 6.21. The molecule has 0 unspecified atom stereocenters. The van der Waals surface area contributed by atoms with Gasteiger partial charge in [0.05, 0.1) is 23.1 Å². The standard InChI is InChI=1S/C32H35NO5/c1-20-5-10-22(11-6-20)23-12-7-21(8-13-23)9-16-28(34)26(31(37)38)17-18-33-29(35)25-15-14-24(32(2,3)4)19-27(25)30(33)36/h5-8,10-15,19,26,28,34H,9,16-18H2,1-4H3,(H,37,38)/t26-,28+/m0/s1. The first-order valence-electron chi connectivity index (χ1n) is 13.0. The molecule has 0 saturated heterocycles. The van der Waals surface area contributed by atoms with Crippen LogP contribution in [0.4, 0.5) is 0 Å². The molecule has 1 heterocycles. The lowest BCUT2D eigenvalue weighted by Crippen LogP contribution is -2.36. The van der Waals surface area contributed by atoms with Gasteiger partial charge < -0.3 is 10.2 Å². The quantitative estimate of drug-likeness (QED) is 0.361.